The molecule has 0 bridgehead atoms. The van der Waals surface area contributed by atoms with Crippen LogP contribution in [-0.2, 0) is 0 Å². The molecular weight excluding hydrogens is 308 g/mol. The van der Waals surface area contributed by atoms with Crippen LogP contribution in [0.5, 0.6) is 23.0 Å². The van der Waals surface area contributed by atoms with E-state index in [0.717, 1.165) is 50.8 Å². The zero-order valence-corrected chi connectivity index (χ0v) is 15.5. The Balaban J connectivity index is 1.96. The number of benzene rings is 3. The molecule has 0 amide bonds. The molecule has 0 saturated heterocycles. The van der Waals surface area contributed by atoms with Crippen LogP contribution in [0.4, 0.5) is 0 Å². The highest BCUT2D eigenvalue weighted by Gasteiger charge is 2.12. The molecule has 0 N–H and O–H groups in total. The zero-order valence-electron chi connectivity index (χ0n) is 15.5. The van der Waals surface area contributed by atoms with Gasteiger partial charge in [-0.05, 0) is 69.0 Å². The van der Waals surface area contributed by atoms with Crippen molar-refractivity contribution in [3.63, 3.8) is 0 Å². The lowest BCUT2D eigenvalue weighted by Crippen LogP contribution is -1.96. The first-order valence-corrected chi connectivity index (χ1v) is 8.55. The normalized spacial score (nSPS) is 10.6. The minimum Gasteiger partial charge on any atom is -0.456 e. The molecule has 0 aromatic heterocycles. The molecule has 2 nitrogen and oxygen atoms in total. The number of aryl methyl sites for hydroxylation is 4. The van der Waals surface area contributed by atoms with Crippen molar-refractivity contribution < 1.29 is 9.47 Å². The highest BCUT2D eigenvalue weighted by atomic mass is 16.5. The molecule has 0 radical (unpaired) electrons. The number of ether oxygens (including phenoxy) is 2. The monoisotopic (exact) mass is 332 g/mol. The van der Waals surface area contributed by atoms with Crippen LogP contribution in [0.25, 0.3) is 0 Å². The van der Waals surface area contributed by atoms with Crippen molar-refractivity contribution in [2.45, 2.75) is 34.6 Å². The van der Waals surface area contributed by atoms with Crippen LogP contribution >= 0.6 is 0 Å². The summed E-state index contributed by atoms with van der Waals surface area (Å²) in [5.41, 5.74) is 5.50. The molecule has 0 unspecified atom stereocenters. The highest BCUT2D eigenvalue weighted by molar-refractivity contribution is 5.51. The number of hydrogen-bond acceptors (Lipinski definition) is 2. The number of hydrogen-bond donors (Lipinski definition) is 0. The third-order valence-corrected chi connectivity index (χ3v) is 4.48. The molecule has 0 saturated carbocycles. The minimum atomic E-state index is 0.820. The van der Waals surface area contributed by atoms with E-state index in [1.54, 1.807) is 0 Å². The van der Waals surface area contributed by atoms with Gasteiger partial charge in [-0.25, -0.2) is 0 Å². The summed E-state index contributed by atoms with van der Waals surface area (Å²) in [4.78, 5) is 0. The molecule has 0 aliphatic carbocycles. The summed E-state index contributed by atoms with van der Waals surface area (Å²) in [5, 5.41) is 0. The second-order valence-corrected chi connectivity index (χ2v) is 6.53. The number of rotatable bonds is 4. The van der Waals surface area contributed by atoms with Gasteiger partial charge in [0.2, 0.25) is 0 Å². The second-order valence-electron chi connectivity index (χ2n) is 6.53. The van der Waals surface area contributed by atoms with Crippen molar-refractivity contribution in [3.8, 4) is 23.0 Å². The molecule has 0 fully saturated rings. The van der Waals surface area contributed by atoms with E-state index in [-0.39, 0.29) is 0 Å². The van der Waals surface area contributed by atoms with E-state index in [4.69, 9.17) is 9.47 Å². The van der Waals surface area contributed by atoms with Gasteiger partial charge >= 0.3 is 0 Å². The van der Waals surface area contributed by atoms with Gasteiger partial charge in [0.05, 0.1) is 0 Å². The van der Waals surface area contributed by atoms with Crippen LogP contribution in [0, 0.1) is 34.6 Å². The Bertz CT molecular complexity index is 798. The van der Waals surface area contributed by atoms with Gasteiger partial charge in [-0.3, -0.25) is 0 Å². The third kappa shape index (κ3) is 3.53. The molecule has 0 atom stereocenters. The van der Waals surface area contributed by atoms with E-state index < -0.39 is 0 Å². The van der Waals surface area contributed by atoms with Crippen LogP contribution < -0.4 is 9.47 Å². The molecule has 2 heteroatoms. The summed E-state index contributed by atoms with van der Waals surface area (Å²) in [7, 11) is 0. The second kappa shape index (κ2) is 7.02. The topological polar surface area (TPSA) is 18.5 Å². The average Bonchev–Trinajstić information content (AvgIpc) is 2.57. The summed E-state index contributed by atoms with van der Waals surface area (Å²) < 4.78 is 12.5. The van der Waals surface area contributed by atoms with Gasteiger partial charge in [-0.15, -0.1) is 0 Å². The standard InChI is InChI=1S/C23H24O2/c1-15-9-6-10-16(2)22(15)24-20-13-8-14-21(19(20)5)25-23-17(3)11-7-12-18(23)4/h6-14H,1-5H3. The van der Waals surface area contributed by atoms with Crippen molar-refractivity contribution >= 4 is 0 Å². The van der Waals surface area contributed by atoms with Crippen molar-refractivity contribution in [1.82, 2.24) is 0 Å². The molecule has 0 aliphatic heterocycles. The van der Waals surface area contributed by atoms with Crippen LogP contribution in [0.3, 0.4) is 0 Å². The fourth-order valence-electron chi connectivity index (χ4n) is 2.96. The first kappa shape index (κ1) is 17.1. The fourth-order valence-corrected chi connectivity index (χ4v) is 2.96. The summed E-state index contributed by atoms with van der Waals surface area (Å²) in [6, 6.07) is 18.3. The Kier molecular flexibility index (Phi) is 4.80. The average molecular weight is 332 g/mol. The predicted octanol–water partition coefficient (Wildman–Crippen LogP) is 6.81. The van der Waals surface area contributed by atoms with Crippen molar-refractivity contribution in [2.24, 2.45) is 0 Å². The molecule has 0 heterocycles. The Morgan fingerprint density at radius 1 is 0.480 bits per heavy atom. The molecule has 3 aromatic rings. The van der Waals surface area contributed by atoms with Gasteiger partial charge < -0.3 is 9.47 Å². The molecule has 25 heavy (non-hydrogen) atoms. The Morgan fingerprint density at radius 2 is 0.800 bits per heavy atom. The SMILES string of the molecule is Cc1cccc(C)c1Oc1cccc(Oc2c(C)cccc2C)c1C. The lowest BCUT2D eigenvalue weighted by molar-refractivity contribution is 0.447. The van der Waals surface area contributed by atoms with E-state index in [0.29, 0.717) is 0 Å². The van der Waals surface area contributed by atoms with E-state index >= 15 is 0 Å². The fraction of sp³-hybridized carbons (Fsp3) is 0.217. The van der Waals surface area contributed by atoms with Gasteiger partial charge in [0.1, 0.15) is 23.0 Å². The summed E-state index contributed by atoms with van der Waals surface area (Å²) in [5.74, 6) is 3.46. The van der Waals surface area contributed by atoms with E-state index in [2.05, 4.69) is 52.0 Å². The maximum absolute atomic E-state index is 6.23. The molecule has 3 rings (SSSR count). The van der Waals surface area contributed by atoms with Crippen molar-refractivity contribution in [2.75, 3.05) is 0 Å². The Labute approximate surface area is 150 Å². The van der Waals surface area contributed by atoms with Gasteiger partial charge in [0, 0.05) is 5.56 Å². The van der Waals surface area contributed by atoms with E-state index in [1.807, 2.05) is 37.3 Å². The van der Waals surface area contributed by atoms with Crippen LogP contribution in [-0.4, -0.2) is 0 Å². The molecule has 3 aromatic carbocycles. The molecule has 0 spiro atoms. The largest absolute Gasteiger partial charge is 0.456 e. The van der Waals surface area contributed by atoms with Crippen LogP contribution in [0.15, 0.2) is 54.6 Å². The summed E-state index contributed by atoms with van der Waals surface area (Å²) in [6.07, 6.45) is 0. The highest BCUT2D eigenvalue weighted by Crippen LogP contribution is 2.37. The first-order chi connectivity index (χ1) is 12.0. The van der Waals surface area contributed by atoms with Crippen molar-refractivity contribution in [3.05, 3.63) is 82.4 Å². The molecular formula is C23H24O2. The van der Waals surface area contributed by atoms with E-state index in [9.17, 15) is 0 Å². The maximum atomic E-state index is 6.23. The molecule has 128 valence electrons. The van der Waals surface area contributed by atoms with Gasteiger partial charge in [-0.2, -0.15) is 0 Å². The lowest BCUT2D eigenvalue weighted by atomic mass is 10.1. The number of para-hydroxylation sites is 2. The quantitative estimate of drug-likeness (QED) is 0.522. The lowest BCUT2D eigenvalue weighted by Gasteiger charge is -2.17. The third-order valence-electron chi connectivity index (χ3n) is 4.48. The van der Waals surface area contributed by atoms with Gasteiger partial charge in [0.25, 0.3) is 0 Å². The summed E-state index contributed by atoms with van der Waals surface area (Å²) >= 11 is 0. The van der Waals surface area contributed by atoms with E-state index in [1.165, 1.54) is 0 Å². The minimum absolute atomic E-state index is 0.820. The molecule has 0 aliphatic rings. The maximum Gasteiger partial charge on any atom is 0.134 e. The van der Waals surface area contributed by atoms with Crippen LogP contribution in [0.1, 0.15) is 27.8 Å². The first-order valence-electron chi connectivity index (χ1n) is 8.55. The van der Waals surface area contributed by atoms with Gasteiger partial charge in [-0.1, -0.05) is 42.5 Å². The smallest absolute Gasteiger partial charge is 0.134 e. The zero-order chi connectivity index (χ0) is 18.0. The predicted molar refractivity (Wildman–Crippen MR) is 103 cm³/mol. The van der Waals surface area contributed by atoms with Crippen LogP contribution in [0.2, 0.25) is 0 Å². The van der Waals surface area contributed by atoms with Gasteiger partial charge in [0.15, 0.2) is 0 Å². The summed E-state index contributed by atoms with van der Waals surface area (Å²) in [6.45, 7) is 10.3. The Hall–Kier alpha value is -2.74. The Morgan fingerprint density at radius 3 is 1.16 bits per heavy atom. The van der Waals surface area contributed by atoms with Crippen molar-refractivity contribution in [1.29, 1.82) is 0 Å².